The van der Waals surface area contributed by atoms with Crippen LogP contribution in [0.4, 0.5) is 0 Å². The van der Waals surface area contributed by atoms with Gasteiger partial charge in [-0.25, -0.2) is 0 Å². The van der Waals surface area contributed by atoms with E-state index in [4.69, 9.17) is 5.11 Å². The van der Waals surface area contributed by atoms with Gasteiger partial charge in [-0.05, 0) is 85.0 Å². The molecule has 0 aromatic carbocycles. The third-order valence-corrected chi connectivity index (χ3v) is 4.15. The van der Waals surface area contributed by atoms with Crippen LogP contribution in [-0.4, -0.2) is 59.5 Å². The Hall–Kier alpha value is -0.160. The molecule has 0 amide bonds. The Morgan fingerprint density at radius 1 is 1.00 bits per heavy atom. The van der Waals surface area contributed by atoms with Crippen molar-refractivity contribution in [3.8, 4) is 0 Å². The van der Waals surface area contributed by atoms with Crippen LogP contribution in [0.25, 0.3) is 0 Å². The van der Waals surface area contributed by atoms with Gasteiger partial charge in [0.25, 0.3) is 0 Å². The Morgan fingerprint density at radius 2 is 1.50 bits per heavy atom. The molecule has 2 saturated heterocycles. The molecular weight excluding hydrogens is 252 g/mol. The van der Waals surface area contributed by atoms with E-state index in [-0.39, 0.29) is 12.2 Å². The SMILES string of the molecule is CC(C)O.CC(O)CC1CCN(C2CCNCC2)CC1. The lowest BCUT2D eigenvalue weighted by molar-refractivity contribution is 0.0852. The average molecular weight is 286 g/mol. The van der Waals surface area contributed by atoms with Crippen molar-refractivity contribution in [1.82, 2.24) is 10.2 Å². The van der Waals surface area contributed by atoms with Gasteiger partial charge in [0.1, 0.15) is 0 Å². The average Bonchev–Trinajstić information content (AvgIpc) is 2.39. The summed E-state index contributed by atoms with van der Waals surface area (Å²) < 4.78 is 0. The summed E-state index contributed by atoms with van der Waals surface area (Å²) in [4.78, 5) is 2.68. The Balaban J connectivity index is 0.000000444. The molecule has 0 aromatic rings. The monoisotopic (exact) mass is 286 g/mol. The van der Waals surface area contributed by atoms with Gasteiger partial charge < -0.3 is 20.4 Å². The molecule has 2 heterocycles. The van der Waals surface area contributed by atoms with Crippen molar-refractivity contribution in [1.29, 1.82) is 0 Å². The quantitative estimate of drug-likeness (QED) is 0.738. The minimum Gasteiger partial charge on any atom is -0.394 e. The maximum atomic E-state index is 9.40. The number of piperidine rings is 2. The van der Waals surface area contributed by atoms with Crippen molar-refractivity contribution in [2.75, 3.05) is 26.2 Å². The van der Waals surface area contributed by atoms with Crippen molar-refractivity contribution in [3.05, 3.63) is 0 Å². The molecule has 2 rings (SSSR count). The first kappa shape index (κ1) is 17.9. The van der Waals surface area contributed by atoms with Gasteiger partial charge in [0, 0.05) is 12.1 Å². The molecule has 3 N–H and O–H groups in total. The number of aliphatic hydroxyl groups excluding tert-OH is 2. The first-order valence-corrected chi connectivity index (χ1v) is 8.30. The highest BCUT2D eigenvalue weighted by atomic mass is 16.3. The summed E-state index contributed by atoms with van der Waals surface area (Å²) >= 11 is 0. The Bertz CT molecular complexity index is 230. The molecule has 1 atom stereocenters. The second-order valence-corrected chi connectivity index (χ2v) is 6.64. The van der Waals surface area contributed by atoms with E-state index in [1.807, 2.05) is 6.92 Å². The van der Waals surface area contributed by atoms with E-state index in [0.717, 1.165) is 18.4 Å². The van der Waals surface area contributed by atoms with Crippen LogP contribution in [-0.2, 0) is 0 Å². The summed E-state index contributed by atoms with van der Waals surface area (Å²) in [6.45, 7) is 10.2. The molecule has 0 aromatic heterocycles. The van der Waals surface area contributed by atoms with E-state index < -0.39 is 0 Å². The second-order valence-electron chi connectivity index (χ2n) is 6.64. The molecule has 2 aliphatic rings. The van der Waals surface area contributed by atoms with E-state index in [9.17, 15) is 5.11 Å². The largest absolute Gasteiger partial charge is 0.394 e. The summed E-state index contributed by atoms with van der Waals surface area (Å²) in [6, 6.07) is 0.828. The van der Waals surface area contributed by atoms with Crippen molar-refractivity contribution in [2.24, 2.45) is 5.92 Å². The maximum absolute atomic E-state index is 9.40. The van der Waals surface area contributed by atoms with Crippen molar-refractivity contribution in [2.45, 2.75) is 71.1 Å². The third kappa shape index (κ3) is 7.58. The van der Waals surface area contributed by atoms with Crippen LogP contribution >= 0.6 is 0 Å². The lowest BCUT2D eigenvalue weighted by Gasteiger charge is -2.39. The first-order chi connectivity index (χ1) is 9.49. The molecule has 1 unspecified atom stereocenters. The Morgan fingerprint density at radius 3 is 1.95 bits per heavy atom. The number of nitrogens with one attached hydrogen (secondary N) is 1. The zero-order valence-electron chi connectivity index (χ0n) is 13.5. The summed E-state index contributed by atoms with van der Waals surface area (Å²) in [6.07, 6.45) is 5.93. The molecule has 2 aliphatic heterocycles. The molecule has 2 fully saturated rings. The van der Waals surface area contributed by atoms with E-state index in [1.54, 1.807) is 13.8 Å². The smallest absolute Gasteiger partial charge is 0.0514 e. The number of rotatable bonds is 3. The molecule has 0 radical (unpaired) electrons. The van der Waals surface area contributed by atoms with E-state index in [2.05, 4.69) is 10.2 Å². The highest BCUT2D eigenvalue weighted by molar-refractivity contribution is 4.82. The van der Waals surface area contributed by atoms with Gasteiger partial charge in [-0.2, -0.15) is 0 Å². The highest BCUT2D eigenvalue weighted by Gasteiger charge is 2.26. The summed E-state index contributed by atoms with van der Waals surface area (Å²) in [5.41, 5.74) is 0. The lowest BCUT2D eigenvalue weighted by Crippen LogP contribution is -2.46. The summed E-state index contributed by atoms with van der Waals surface area (Å²) in [5, 5.41) is 20.9. The lowest BCUT2D eigenvalue weighted by atomic mass is 9.90. The van der Waals surface area contributed by atoms with Crippen LogP contribution in [0.3, 0.4) is 0 Å². The fourth-order valence-corrected chi connectivity index (χ4v) is 3.21. The van der Waals surface area contributed by atoms with Crippen LogP contribution in [0.5, 0.6) is 0 Å². The standard InChI is InChI=1S/C13H26N2O.C3H8O/c1-11(16)10-12-4-8-15(9-5-12)13-2-6-14-7-3-13;1-3(2)4/h11-14,16H,2-10H2,1H3;3-4H,1-2H3. The molecule has 20 heavy (non-hydrogen) atoms. The van der Waals surface area contributed by atoms with E-state index in [1.165, 1.54) is 51.9 Å². The molecule has 0 bridgehead atoms. The molecule has 4 nitrogen and oxygen atoms in total. The van der Waals surface area contributed by atoms with E-state index in [0.29, 0.717) is 0 Å². The molecule has 0 aliphatic carbocycles. The van der Waals surface area contributed by atoms with Gasteiger partial charge in [-0.1, -0.05) is 0 Å². The Labute approximate surface area is 124 Å². The van der Waals surface area contributed by atoms with Gasteiger partial charge in [-0.15, -0.1) is 0 Å². The van der Waals surface area contributed by atoms with Gasteiger partial charge in [0.05, 0.1) is 6.10 Å². The predicted octanol–water partition coefficient (Wildman–Crippen LogP) is 1.61. The van der Waals surface area contributed by atoms with Crippen LogP contribution < -0.4 is 5.32 Å². The predicted molar refractivity (Wildman–Crippen MR) is 83.8 cm³/mol. The normalized spacial score (nSPS) is 24.3. The second kappa shape index (κ2) is 9.72. The highest BCUT2D eigenvalue weighted by Crippen LogP contribution is 2.25. The van der Waals surface area contributed by atoms with Crippen molar-refractivity contribution >= 4 is 0 Å². The fraction of sp³-hybridized carbons (Fsp3) is 1.00. The topological polar surface area (TPSA) is 55.7 Å². The van der Waals surface area contributed by atoms with Crippen LogP contribution in [0.15, 0.2) is 0 Å². The minimum atomic E-state index is -0.167. The van der Waals surface area contributed by atoms with Gasteiger partial charge in [0.2, 0.25) is 0 Å². The molecule has 4 heteroatoms. The number of likely N-dealkylation sites (tertiary alicyclic amines) is 1. The molecule has 0 saturated carbocycles. The number of aliphatic hydroxyl groups is 2. The maximum Gasteiger partial charge on any atom is 0.0514 e. The summed E-state index contributed by atoms with van der Waals surface area (Å²) in [7, 11) is 0. The molecule has 0 spiro atoms. The van der Waals surface area contributed by atoms with Crippen LogP contribution in [0.2, 0.25) is 0 Å². The summed E-state index contributed by atoms with van der Waals surface area (Å²) in [5.74, 6) is 0.762. The first-order valence-electron chi connectivity index (χ1n) is 8.30. The van der Waals surface area contributed by atoms with Crippen molar-refractivity contribution in [3.63, 3.8) is 0 Å². The number of hydrogen-bond donors (Lipinski definition) is 3. The fourth-order valence-electron chi connectivity index (χ4n) is 3.21. The Kier molecular flexibility index (Phi) is 8.69. The third-order valence-electron chi connectivity index (χ3n) is 4.15. The van der Waals surface area contributed by atoms with Gasteiger partial charge >= 0.3 is 0 Å². The van der Waals surface area contributed by atoms with Crippen LogP contribution in [0.1, 0.15) is 52.9 Å². The number of nitrogens with zero attached hydrogens (tertiary/aromatic N) is 1. The van der Waals surface area contributed by atoms with Crippen LogP contribution in [0, 0.1) is 5.92 Å². The van der Waals surface area contributed by atoms with Gasteiger partial charge in [-0.3, -0.25) is 0 Å². The molecule has 120 valence electrons. The van der Waals surface area contributed by atoms with Gasteiger partial charge in [0.15, 0.2) is 0 Å². The molecular formula is C16H34N2O2. The minimum absolute atomic E-state index is 0.115. The van der Waals surface area contributed by atoms with Crippen molar-refractivity contribution < 1.29 is 10.2 Å². The number of hydrogen-bond acceptors (Lipinski definition) is 4. The zero-order valence-corrected chi connectivity index (χ0v) is 13.5. The zero-order chi connectivity index (χ0) is 15.0. The van der Waals surface area contributed by atoms with E-state index >= 15 is 0 Å².